The lowest BCUT2D eigenvalue weighted by atomic mass is 10.1. The van der Waals surface area contributed by atoms with Crippen LogP contribution < -0.4 is 0 Å². The molecule has 170 valence electrons. The van der Waals surface area contributed by atoms with Gasteiger partial charge in [0.2, 0.25) is 5.91 Å². The molecule has 7 heteroatoms. The van der Waals surface area contributed by atoms with Crippen molar-refractivity contribution in [2.45, 2.75) is 19.8 Å². The maximum Gasteiger partial charge on any atom is 0.255 e. The average Bonchev–Trinajstić information content (AvgIpc) is 3.63. The van der Waals surface area contributed by atoms with Crippen LogP contribution in [0.4, 0.5) is 4.39 Å². The second kappa shape index (κ2) is 8.67. The summed E-state index contributed by atoms with van der Waals surface area (Å²) in [5.41, 5.74) is 3.15. The lowest BCUT2D eigenvalue weighted by molar-refractivity contribution is -0.134. The van der Waals surface area contributed by atoms with Crippen molar-refractivity contribution in [3.05, 3.63) is 76.7 Å². The molecular formula is C26H25ClFN3O2. The number of carbonyl (C=O) groups is 2. The SMILES string of the molecule is Cc1c(C(=O)N2CCN(C(=O)C3CC3)CC2)cc(-c2ccc(Cl)cc2)n1-c1ccccc1F. The molecule has 0 atom stereocenters. The van der Waals surface area contributed by atoms with Crippen molar-refractivity contribution in [1.29, 1.82) is 0 Å². The summed E-state index contributed by atoms with van der Waals surface area (Å²) < 4.78 is 16.6. The Hall–Kier alpha value is -3.12. The van der Waals surface area contributed by atoms with Gasteiger partial charge in [0.15, 0.2) is 0 Å². The number of carbonyl (C=O) groups excluding carboxylic acids is 2. The third-order valence-electron chi connectivity index (χ3n) is 6.52. The summed E-state index contributed by atoms with van der Waals surface area (Å²) >= 11 is 6.07. The first kappa shape index (κ1) is 21.7. The summed E-state index contributed by atoms with van der Waals surface area (Å²) in [7, 11) is 0. The molecule has 3 aromatic rings. The van der Waals surface area contributed by atoms with E-state index in [0.717, 1.165) is 24.1 Å². The van der Waals surface area contributed by atoms with E-state index in [1.807, 2.05) is 30.0 Å². The van der Waals surface area contributed by atoms with Gasteiger partial charge in [-0.3, -0.25) is 9.59 Å². The molecule has 2 amide bonds. The minimum Gasteiger partial charge on any atom is -0.339 e. The van der Waals surface area contributed by atoms with E-state index in [1.165, 1.54) is 6.07 Å². The van der Waals surface area contributed by atoms with Crippen molar-refractivity contribution in [3.8, 4) is 16.9 Å². The van der Waals surface area contributed by atoms with Gasteiger partial charge in [0.05, 0.1) is 16.9 Å². The van der Waals surface area contributed by atoms with Crippen LogP contribution in [0.1, 0.15) is 28.9 Å². The zero-order valence-corrected chi connectivity index (χ0v) is 19.2. The van der Waals surface area contributed by atoms with E-state index in [-0.39, 0.29) is 23.5 Å². The minimum absolute atomic E-state index is 0.101. The number of amides is 2. The largest absolute Gasteiger partial charge is 0.339 e. The average molecular weight is 466 g/mol. The first-order chi connectivity index (χ1) is 15.9. The van der Waals surface area contributed by atoms with Crippen molar-refractivity contribution >= 4 is 23.4 Å². The number of rotatable bonds is 4. The number of benzene rings is 2. The van der Waals surface area contributed by atoms with E-state index in [9.17, 15) is 14.0 Å². The molecule has 1 saturated heterocycles. The van der Waals surface area contributed by atoms with Crippen LogP contribution in [0.5, 0.6) is 0 Å². The molecule has 5 rings (SSSR count). The molecule has 0 spiro atoms. The standard InChI is InChI=1S/C26H25ClFN3O2/c1-17-21(26(33)30-14-12-29(13-15-30)25(32)19-6-7-19)16-24(18-8-10-20(27)11-9-18)31(17)23-5-3-2-4-22(23)28/h2-5,8-11,16,19H,6-7,12-15H2,1H3. The molecule has 33 heavy (non-hydrogen) atoms. The van der Waals surface area contributed by atoms with E-state index < -0.39 is 0 Å². The molecule has 1 aliphatic heterocycles. The fraction of sp³-hybridized carbons (Fsp3) is 0.308. The molecule has 2 aliphatic rings. The number of hydrogen-bond acceptors (Lipinski definition) is 2. The summed E-state index contributed by atoms with van der Waals surface area (Å²) in [5.74, 6) is -0.0609. The number of nitrogens with zero attached hydrogens (tertiary/aromatic N) is 3. The smallest absolute Gasteiger partial charge is 0.255 e. The fourth-order valence-corrected chi connectivity index (χ4v) is 4.61. The third kappa shape index (κ3) is 4.15. The van der Waals surface area contributed by atoms with Gasteiger partial charge in [-0.1, -0.05) is 35.9 Å². The molecule has 5 nitrogen and oxygen atoms in total. The summed E-state index contributed by atoms with van der Waals surface area (Å²) in [6.07, 6.45) is 1.96. The zero-order chi connectivity index (χ0) is 23.1. The van der Waals surface area contributed by atoms with E-state index in [2.05, 4.69) is 0 Å². The second-order valence-electron chi connectivity index (χ2n) is 8.71. The van der Waals surface area contributed by atoms with E-state index in [4.69, 9.17) is 11.6 Å². The van der Waals surface area contributed by atoms with Gasteiger partial charge in [0.25, 0.3) is 5.91 Å². The Balaban J connectivity index is 1.48. The summed E-state index contributed by atoms with van der Waals surface area (Å²) in [5, 5.41) is 0.606. The van der Waals surface area contributed by atoms with Crippen LogP contribution in [0.2, 0.25) is 5.02 Å². The van der Waals surface area contributed by atoms with Gasteiger partial charge >= 0.3 is 0 Å². The highest BCUT2D eigenvalue weighted by Gasteiger charge is 2.35. The van der Waals surface area contributed by atoms with Gasteiger partial charge in [0, 0.05) is 42.8 Å². The number of aromatic nitrogens is 1. The lowest BCUT2D eigenvalue weighted by Gasteiger charge is -2.35. The molecule has 2 fully saturated rings. The number of hydrogen-bond donors (Lipinski definition) is 0. The minimum atomic E-state index is -0.363. The predicted molar refractivity (Wildman–Crippen MR) is 126 cm³/mol. The normalized spacial score (nSPS) is 16.2. The quantitative estimate of drug-likeness (QED) is 0.548. The maximum atomic E-state index is 14.8. The Morgan fingerprint density at radius 2 is 1.58 bits per heavy atom. The number of piperazine rings is 1. The summed E-state index contributed by atoms with van der Waals surface area (Å²) in [6.45, 7) is 3.94. The van der Waals surface area contributed by atoms with Gasteiger partial charge in [0.1, 0.15) is 5.82 Å². The Morgan fingerprint density at radius 3 is 2.21 bits per heavy atom. The van der Waals surface area contributed by atoms with Gasteiger partial charge in [-0.25, -0.2) is 4.39 Å². The molecule has 0 bridgehead atoms. The molecule has 1 aromatic heterocycles. The van der Waals surface area contributed by atoms with E-state index in [0.29, 0.717) is 48.1 Å². The highest BCUT2D eigenvalue weighted by molar-refractivity contribution is 6.30. The maximum absolute atomic E-state index is 14.8. The highest BCUT2D eigenvalue weighted by Crippen LogP contribution is 2.33. The van der Waals surface area contributed by atoms with Crippen LogP contribution in [0.3, 0.4) is 0 Å². The van der Waals surface area contributed by atoms with Gasteiger partial charge < -0.3 is 14.4 Å². The van der Waals surface area contributed by atoms with Crippen LogP contribution in [0, 0.1) is 18.7 Å². The topological polar surface area (TPSA) is 45.6 Å². The van der Waals surface area contributed by atoms with Crippen LogP contribution in [-0.4, -0.2) is 52.4 Å². The molecule has 0 unspecified atom stereocenters. The molecule has 0 radical (unpaired) electrons. The molecule has 2 aromatic carbocycles. The Bertz CT molecular complexity index is 1210. The van der Waals surface area contributed by atoms with E-state index >= 15 is 0 Å². The highest BCUT2D eigenvalue weighted by atomic mass is 35.5. The van der Waals surface area contributed by atoms with E-state index in [1.54, 1.807) is 39.8 Å². The van der Waals surface area contributed by atoms with Crippen LogP contribution in [0.15, 0.2) is 54.6 Å². The van der Waals surface area contributed by atoms with Crippen LogP contribution >= 0.6 is 11.6 Å². The second-order valence-corrected chi connectivity index (χ2v) is 9.15. The molecule has 1 aliphatic carbocycles. The fourth-order valence-electron chi connectivity index (χ4n) is 4.49. The van der Waals surface area contributed by atoms with Crippen LogP contribution in [-0.2, 0) is 4.79 Å². The van der Waals surface area contributed by atoms with Gasteiger partial charge in [-0.2, -0.15) is 0 Å². The van der Waals surface area contributed by atoms with Crippen molar-refractivity contribution in [2.75, 3.05) is 26.2 Å². The first-order valence-electron chi connectivity index (χ1n) is 11.3. The predicted octanol–water partition coefficient (Wildman–Crippen LogP) is 4.94. The third-order valence-corrected chi connectivity index (χ3v) is 6.77. The van der Waals surface area contributed by atoms with Crippen molar-refractivity contribution in [1.82, 2.24) is 14.4 Å². The van der Waals surface area contributed by atoms with Gasteiger partial charge in [-0.15, -0.1) is 0 Å². The number of para-hydroxylation sites is 1. The monoisotopic (exact) mass is 465 g/mol. The Morgan fingerprint density at radius 1 is 0.939 bits per heavy atom. The Kier molecular flexibility index (Phi) is 5.71. The molecular weight excluding hydrogens is 441 g/mol. The van der Waals surface area contributed by atoms with Crippen LogP contribution in [0.25, 0.3) is 16.9 Å². The van der Waals surface area contributed by atoms with Crippen molar-refractivity contribution in [3.63, 3.8) is 0 Å². The molecule has 0 N–H and O–H groups in total. The van der Waals surface area contributed by atoms with Crippen molar-refractivity contribution < 1.29 is 14.0 Å². The van der Waals surface area contributed by atoms with Crippen molar-refractivity contribution in [2.24, 2.45) is 5.92 Å². The van der Waals surface area contributed by atoms with Gasteiger partial charge in [-0.05, 0) is 55.7 Å². The summed E-state index contributed by atoms with van der Waals surface area (Å²) in [4.78, 5) is 29.5. The summed E-state index contributed by atoms with van der Waals surface area (Å²) in [6, 6.07) is 15.7. The zero-order valence-electron chi connectivity index (χ0n) is 18.4. The molecule has 1 saturated carbocycles. The number of halogens is 2. The Labute approximate surface area is 197 Å². The molecule has 2 heterocycles. The lowest BCUT2D eigenvalue weighted by Crippen LogP contribution is -2.51. The first-order valence-corrected chi connectivity index (χ1v) is 11.6.